The van der Waals surface area contributed by atoms with E-state index in [2.05, 4.69) is 5.32 Å². The number of amides is 2. The molecule has 2 aromatic rings. The Morgan fingerprint density at radius 2 is 2.00 bits per heavy atom. The third kappa shape index (κ3) is 2.72. The third-order valence-corrected chi connectivity index (χ3v) is 6.50. The van der Waals surface area contributed by atoms with Crippen molar-refractivity contribution in [1.29, 1.82) is 0 Å². The molecule has 3 aliphatic rings. The van der Waals surface area contributed by atoms with Crippen LogP contribution in [0, 0.1) is 17.6 Å². The van der Waals surface area contributed by atoms with Crippen molar-refractivity contribution < 1.29 is 23.5 Å². The molecular formula is C21H19F2N3O4. The predicted octanol–water partition coefficient (Wildman–Crippen LogP) is 1.77. The van der Waals surface area contributed by atoms with Crippen LogP contribution < -0.4 is 10.7 Å². The van der Waals surface area contributed by atoms with Gasteiger partial charge in [0, 0.05) is 25.3 Å². The predicted molar refractivity (Wildman–Crippen MR) is 101 cm³/mol. The summed E-state index contributed by atoms with van der Waals surface area (Å²) in [6, 6.07) is 3.37. The van der Waals surface area contributed by atoms with Crippen LogP contribution in [0.3, 0.4) is 0 Å². The summed E-state index contributed by atoms with van der Waals surface area (Å²) in [5, 5.41) is 12.9. The number of nitrogens with zero attached hydrogens (tertiary/aromatic N) is 2. The Hall–Kier alpha value is -3.23. The Kier molecular flexibility index (Phi) is 4.16. The standard InChI is InChI=1S/C21H19F2N3O4/c22-14-4-1-10(5-15(14)23)7-24-20(29)13-8-25-9-16-11-2-3-12(6-11)26(16)21(30)17(25)19(28)18(13)27/h1,4-5,8,11-12,16,28H,2-3,6-7,9H2,(H,24,29). The third-order valence-electron chi connectivity index (χ3n) is 6.50. The highest BCUT2D eigenvalue weighted by atomic mass is 19.2. The van der Waals surface area contributed by atoms with Crippen molar-refractivity contribution in [3.63, 3.8) is 0 Å². The number of aromatic nitrogens is 1. The fraction of sp³-hybridized carbons (Fsp3) is 0.381. The number of aromatic hydroxyl groups is 1. The van der Waals surface area contributed by atoms with Gasteiger partial charge in [0.2, 0.25) is 5.43 Å². The number of hydrogen-bond donors (Lipinski definition) is 2. The van der Waals surface area contributed by atoms with E-state index in [1.165, 1.54) is 16.8 Å². The zero-order valence-corrected chi connectivity index (χ0v) is 15.9. The highest BCUT2D eigenvalue weighted by Crippen LogP contribution is 2.45. The zero-order valence-electron chi connectivity index (χ0n) is 15.9. The molecule has 2 aliphatic heterocycles. The molecular weight excluding hydrogens is 396 g/mol. The van der Waals surface area contributed by atoms with Crippen LogP contribution in [0.15, 0.2) is 29.2 Å². The van der Waals surface area contributed by atoms with Crippen molar-refractivity contribution in [3.8, 4) is 5.75 Å². The molecule has 2 fully saturated rings. The molecule has 3 atom stereocenters. The lowest BCUT2D eigenvalue weighted by atomic mass is 9.95. The molecule has 0 spiro atoms. The van der Waals surface area contributed by atoms with Crippen LogP contribution in [-0.2, 0) is 13.1 Å². The second-order valence-corrected chi connectivity index (χ2v) is 8.16. The lowest BCUT2D eigenvalue weighted by Gasteiger charge is -2.40. The highest BCUT2D eigenvalue weighted by Gasteiger charge is 2.51. The molecule has 1 saturated heterocycles. The van der Waals surface area contributed by atoms with Gasteiger partial charge >= 0.3 is 0 Å². The van der Waals surface area contributed by atoms with E-state index in [1.807, 2.05) is 0 Å². The Morgan fingerprint density at radius 3 is 2.77 bits per heavy atom. The highest BCUT2D eigenvalue weighted by molar-refractivity contribution is 5.99. The van der Waals surface area contributed by atoms with Crippen LogP contribution in [0.4, 0.5) is 8.78 Å². The molecule has 9 heteroatoms. The maximum Gasteiger partial charge on any atom is 0.275 e. The number of benzene rings is 1. The molecule has 0 radical (unpaired) electrons. The molecule has 3 unspecified atom stereocenters. The van der Waals surface area contributed by atoms with Gasteiger partial charge in [-0.15, -0.1) is 0 Å². The molecule has 156 valence electrons. The summed E-state index contributed by atoms with van der Waals surface area (Å²) >= 11 is 0. The van der Waals surface area contributed by atoms with E-state index in [1.54, 1.807) is 4.90 Å². The maximum absolute atomic E-state index is 13.3. The van der Waals surface area contributed by atoms with Gasteiger partial charge in [-0.3, -0.25) is 14.4 Å². The molecule has 30 heavy (non-hydrogen) atoms. The summed E-state index contributed by atoms with van der Waals surface area (Å²) in [5.41, 5.74) is -0.998. The Morgan fingerprint density at radius 1 is 1.20 bits per heavy atom. The summed E-state index contributed by atoms with van der Waals surface area (Å²) < 4.78 is 27.9. The molecule has 2 amide bonds. The number of fused-ring (bicyclic) bond motifs is 6. The van der Waals surface area contributed by atoms with Gasteiger partial charge in [-0.2, -0.15) is 0 Å². The first-order chi connectivity index (χ1) is 14.3. The average Bonchev–Trinajstić information content (AvgIpc) is 3.33. The summed E-state index contributed by atoms with van der Waals surface area (Å²) in [4.78, 5) is 39.9. The molecule has 1 aliphatic carbocycles. The normalized spacial score (nSPS) is 24.0. The first kappa shape index (κ1) is 18.8. The van der Waals surface area contributed by atoms with Gasteiger partial charge in [0.25, 0.3) is 11.8 Å². The van der Waals surface area contributed by atoms with Crippen molar-refractivity contribution in [2.45, 2.75) is 44.4 Å². The number of carbonyl (C=O) groups is 2. The Bertz CT molecular complexity index is 1150. The summed E-state index contributed by atoms with van der Waals surface area (Å²) in [6.45, 7) is 0.288. The van der Waals surface area contributed by atoms with Crippen LogP contribution in [0.2, 0.25) is 0 Å². The lowest BCUT2D eigenvalue weighted by Crippen LogP contribution is -2.52. The van der Waals surface area contributed by atoms with E-state index in [4.69, 9.17) is 0 Å². The Labute approximate surface area is 169 Å². The van der Waals surface area contributed by atoms with Gasteiger partial charge in [-0.1, -0.05) is 6.07 Å². The van der Waals surface area contributed by atoms with Crippen molar-refractivity contribution in [2.24, 2.45) is 5.92 Å². The van der Waals surface area contributed by atoms with Gasteiger partial charge < -0.3 is 19.9 Å². The van der Waals surface area contributed by atoms with Gasteiger partial charge in [-0.25, -0.2) is 8.78 Å². The fourth-order valence-corrected chi connectivity index (χ4v) is 5.08. The van der Waals surface area contributed by atoms with E-state index in [0.717, 1.165) is 31.4 Å². The lowest BCUT2D eigenvalue weighted by molar-refractivity contribution is 0.0482. The fourth-order valence-electron chi connectivity index (χ4n) is 5.08. The smallest absolute Gasteiger partial charge is 0.275 e. The zero-order chi connectivity index (χ0) is 21.2. The second-order valence-electron chi connectivity index (χ2n) is 8.16. The minimum absolute atomic E-state index is 0.00348. The van der Waals surface area contributed by atoms with E-state index in [9.17, 15) is 28.3 Å². The van der Waals surface area contributed by atoms with Crippen LogP contribution in [0.5, 0.6) is 5.75 Å². The maximum atomic E-state index is 13.3. The van der Waals surface area contributed by atoms with Crippen molar-refractivity contribution >= 4 is 11.8 Å². The number of piperidine rings is 1. The summed E-state index contributed by atoms with van der Waals surface area (Å²) in [7, 11) is 0. The molecule has 1 aromatic carbocycles. The van der Waals surface area contributed by atoms with Gasteiger partial charge in [0.05, 0.1) is 6.04 Å². The molecule has 1 aromatic heterocycles. The molecule has 3 heterocycles. The number of pyridine rings is 1. The number of hydrogen-bond acceptors (Lipinski definition) is 4. The van der Waals surface area contributed by atoms with E-state index in [0.29, 0.717) is 18.0 Å². The van der Waals surface area contributed by atoms with Crippen LogP contribution >= 0.6 is 0 Å². The van der Waals surface area contributed by atoms with Crippen LogP contribution in [0.25, 0.3) is 0 Å². The molecule has 5 rings (SSSR count). The van der Waals surface area contributed by atoms with Crippen LogP contribution in [0.1, 0.15) is 45.7 Å². The first-order valence-corrected chi connectivity index (χ1v) is 9.86. The number of halogens is 2. The summed E-state index contributed by atoms with van der Waals surface area (Å²) in [5.74, 6) is -3.52. The largest absolute Gasteiger partial charge is 0.503 e. The van der Waals surface area contributed by atoms with Crippen molar-refractivity contribution in [3.05, 3.63) is 63.1 Å². The SMILES string of the molecule is O=C(NCc1ccc(F)c(F)c1)c1cn2c(c(O)c1=O)C(=O)N1C3CCC(C3)C1C2. The molecule has 7 nitrogen and oxygen atoms in total. The second kappa shape index (κ2) is 6.65. The van der Waals surface area contributed by atoms with E-state index >= 15 is 0 Å². The monoisotopic (exact) mass is 415 g/mol. The van der Waals surface area contributed by atoms with Gasteiger partial charge in [0.1, 0.15) is 5.56 Å². The molecule has 1 saturated carbocycles. The minimum Gasteiger partial charge on any atom is -0.503 e. The first-order valence-electron chi connectivity index (χ1n) is 9.86. The minimum atomic E-state index is -1.04. The Balaban J connectivity index is 1.43. The van der Waals surface area contributed by atoms with Crippen LogP contribution in [-0.4, -0.2) is 38.5 Å². The average molecular weight is 415 g/mol. The van der Waals surface area contributed by atoms with E-state index < -0.39 is 28.7 Å². The van der Waals surface area contributed by atoms with Gasteiger partial charge in [0.15, 0.2) is 23.1 Å². The van der Waals surface area contributed by atoms with Crippen molar-refractivity contribution in [1.82, 2.24) is 14.8 Å². The number of nitrogens with one attached hydrogen (secondary N) is 1. The topological polar surface area (TPSA) is 91.6 Å². The number of carbonyl (C=O) groups excluding carboxylic acids is 2. The number of rotatable bonds is 3. The molecule has 2 bridgehead atoms. The molecule has 2 N–H and O–H groups in total. The summed E-state index contributed by atoms with van der Waals surface area (Å²) in [6.07, 6.45) is 4.21. The van der Waals surface area contributed by atoms with E-state index in [-0.39, 0.29) is 35.8 Å². The quantitative estimate of drug-likeness (QED) is 0.799. The van der Waals surface area contributed by atoms with Crippen molar-refractivity contribution in [2.75, 3.05) is 0 Å². The van der Waals surface area contributed by atoms with Gasteiger partial charge in [-0.05, 0) is 42.9 Å².